The van der Waals surface area contributed by atoms with E-state index in [1.165, 1.54) is 0 Å². The largest absolute Gasteiger partial charge is 0.461 e. The van der Waals surface area contributed by atoms with Crippen molar-refractivity contribution in [3.63, 3.8) is 0 Å². The molecule has 17 heavy (non-hydrogen) atoms. The lowest BCUT2D eigenvalue weighted by molar-refractivity contribution is -0.115. The third kappa shape index (κ3) is 1.72. The van der Waals surface area contributed by atoms with Crippen molar-refractivity contribution in [3.05, 3.63) is 41.8 Å². The van der Waals surface area contributed by atoms with E-state index in [0.717, 1.165) is 16.5 Å². The molecule has 1 unspecified atom stereocenters. The minimum absolute atomic E-state index is 0.0359. The van der Waals surface area contributed by atoms with Crippen LogP contribution in [0.5, 0.6) is 0 Å². The molecule has 0 saturated carbocycles. The van der Waals surface area contributed by atoms with E-state index in [2.05, 4.69) is 4.98 Å². The van der Waals surface area contributed by atoms with Crippen molar-refractivity contribution in [2.45, 2.75) is 12.7 Å². The first-order chi connectivity index (χ1) is 8.24. The fourth-order valence-corrected chi connectivity index (χ4v) is 1.98. The first-order valence-electron chi connectivity index (χ1n) is 5.40. The van der Waals surface area contributed by atoms with Gasteiger partial charge in [-0.1, -0.05) is 18.2 Å². The maximum absolute atomic E-state index is 11.5. The van der Waals surface area contributed by atoms with Crippen LogP contribution in [0.15, 0.2) is 36.2 Å². The molecule has 4 nitrogen and oxygen atoms in total. The Morgan fingerprint density at radius 1 is 1.41 bits per heavy atom. The zero-order valence-corrected chi connectivity index (χ0v) is 9.01. The van der Waals surface area contributed by atoms with E-state index >= 15 is 0 Å². The van der Waals surface area contributed by atoms with Crippen molar-refractivity contribution in [2.24, 2.45) is 0 Å². The predicted molar refractivity (Wildman–Crippen MR) is 63.0 cm³/mol. The average molecular weight is 229 g/mol. The Hall–Kier alpha value is -2.07. The number of aromatic nitrogens is 1. The third-order valence-electron chi connectivity index (χ3n) is 2.81. The van der Waals surface area contributed by atoms with Crippen LogP contribution in [0.1, 0.15) is 12.0 Å². The molecular formula is C13H11NO3. The number of aromatic amines is 1. The van der Waals surface area contributed by atoms with Gasteiger partial charge in [0.05, 0.1) is 6.42 Å². The second-order valence-electron chi connectivity index (χ2n) is 4.00. The highest BCUT2D eigenvalue weighted by Crippen LogP contribution is 2.24. The molecule has 2 heterocycles. The topological polar surface area (TPSA) is 62.3 Å². The van der Waals surface area contributed by atoms with Crippen molar-refractivity contribution < 1.29 is 14.6 Å². The van der Waals surface area contributed by atoms with E-state index in [9.17, 15) is 9.90 Å². The lowest BCUT2D eigenvalue weighted by atomic mass is 10.1. The number of nitrogens with one attached hydrogen (secondary N) is 1. The van der Waals surface area contributed by atoms with Gasteiger partial charge in [-0.05, 0) is 12.1 Å². The minimum atomic E-state index is -1.00. The number of fused-ring (bicyclic) bond motifs is 1. The molecule has 86 valence electrons. The number of ketones is 1. The first kappa shape index (κ1) is 10.1. The number of hydrogen-bond donors (Lipinski definition) is 2. The monoisotopic (exact) mass is 229 g/mol. The van der Waals surface area contributed by atoms with Crippen LogP contribution >= 0.6 is 0 Å². The number of H-pyrrole nitrogens is 1. The zero-order chi connectivity index (χ0) is 11.8. The predicted octanol–water partition coefficient (Wildman–Crippen LogP) is 1.82. The van der Waals surface area contributed by atoms with E-state index in [1.807, 2.05) is 30.5 Å². The molecule has 0 bridgehead atoms. The quantitative estimate of drug-likeness (QED) is 0.733. The van der Waals surface area contributed by atoms with Crippen LogP contribution in [-0.4, -0.2) is 22.2 Å². The molecule has 0 spiro atoms. The smallest absolute Gasteiger partial charge is 0.205 e. The molecule has 2 aromatic rings. The number of carbonyl (C=O) groups excluding carboxylic acids is 1. The summed E-state index contributed by atoms with van der Waals surface area (Å²) in [5.74, 6) is 0.0602. The van der Waals surface area contributed by atoms with Crippen molar-refractivity contribution in [1.82, 2.24) is 4.98 Å². The summed E-state index contributed by atoms with van der Waals surface area (Å²) in [6, 6.07) is 7.80. The maximum atomic E-state index is 11.5. The molecule has 2 N–H and O–H groups in total. The van der Waals surface area contributed by atoms with Gasteiger partial charge in [-0.3, -0.25) is 4.79 Å². The highest BCUT2D eigenvalue weighted by atomic mass is 16.6. The Morgan fingerprint density at radius 2 is 2.24 bits per heavy atom. The van der Waals surface area contributed by atoms with Gasteiger partial charge in [0.2, 0.25) is 12.1 Å². The van der Waals surface area contributed by atoms with Crippen LogP contribution in [0.3, 0.4) is 0 Å². The van der Waals surface area contributed by atoms with Crippen LogP contribution in [0, 0.1) is 0 Å². The summed E-state index contributed by atoms with van der Waals surface area (Å²) in [4.78, 5) is 14.6. The van der Waals surface area contributed by atoms with E-state index < -0.39 is 6.29 Å². The number of aliphatic hydroxyl groups is 1. The van der Waals surface area contributed by atoms with Crippen LogP contribution in [0.25, 0.3) is 17.0 Å². The Bertz CT molecular complexity index is 612. The fourth-order valence-electron chi connectivity index (χ4n) is 1.98. The van der Waals surface area contributed by atoms with E-state index in [-0.39, 0.29) is 18.0 Å². The lowest BCUT2D eigenvalue weighted by Gasteiger charge is -2.00. The Morgan fingerprint density at radius 3 is 3.00 bits per heavy atom. The number of aliphatic hydroxyl groups excluding tert-OH is 1. The number of hydrogen-bond acceptors (Lipinski definition) is 3. The molecular weight excluding hydrogens is 218 g/mol. The van der Waals surface area contributed by atoms with Crippen molar-refractivity contribution >= 4 is 22.8 Å². The third-order valence-corrected chi connectivity index (χ3v) is 2.81. The van der Waals surface area contributed by atoms with Crippen molar-refractivity contribution in [1.29, 1.82) is 0 Å². The van der Waals surface area contributed by atoms with Gasteiger partial charge in [-0.2, -0.15) is 0 Å². The molecule has 1 aromatic heterocycles. The van der Waals surface area contributed by atoms with Gasteiger partial charge in [0.15, 0.2) is 5.76 Å². The highest BCUT2D eigenvalue weighted by molar-refractivity contribution is 6.01. The van der Waals surface area contributed by atoms with Gasteiger partial charge in [0, 0.05) is 22.7 Å². The number of Topliss-reactive ketones (excluding diaryl/α,β-unsaturated/α-hetero) is 1. The van der Waals surface area contributed by atoms with E-state index in [1.54, 1.807) is 6.08 Å². The summed E-state index contributed by atoms with van der Waals surface area (Å²) in [6.45, 7) is 0. The number of rotatable bonds is 1. The van der Waals surface area contributed by atoms with E-state index in [4.69, 9.17) is 4.74 Å². The lowest BCUT2D eigenvalue weighted by Crippen LogP contribution is -2.00. The molecule has 0 amide bonds. The number of benzene rings is 1. The fraction of sp³-hybridized carbons (Fsp3) is 0.154. The van der Waals surface area contributed by atoms with Gasteiger partial charge in [-0.25, -0.2) is 0 Å². The SMILES string of the molecule is O=C1CC(O)OC1=Cc1c[nH]c2ccccc12. The minimum Gasteiger partial charge on any atom is -0.461 e. The molecule has 1 saturated heterocycles. The number of allylic oxidation sites excluding steroid dienone is 1. The molecule has 1 aliphatic heterocycles. The van der Waals surface area contributed by atoms with Gasteiger partial charge in [0.25, 0.3) is 0 Å². The summed E-state index contributed by atoms with van der Waals surface area (Å²) in [5.41, 5.74) is 1.89. The standard InChI is InChI=1S/C13H11NO3/c15-11-6-13(16)17-12(11)5-8-7-14-10-4-2-1-3-9(8)10/h1-5,7,13-14,16H,6H2. The Labute approximate surface area is 97.5 Å². The van der Waals surface area contributed by atoms with Crippen LogP contribution < -0.4 is 0 Å². The first-order valence-corrected chi connectivity index (χ1v) is 5.40. The molecule has 0 aliphatic carbocycles. The van der Waals surface area contributed by atoms with Crippen LogP contribution in [0.4, 0.5) is 0 Å². The molecule has 4 heteroatoms. The molecule has 1 aliphatic rings. The summed E-state index contributed by atoms with van der Waals surface area (Å²) in [7, 11) is 0. The number of ether oxygens (including phenoxy) is 1. The van der Waals surface area contributed by atoms with Crippen molar-refractivity contribution in [2.75, 3.05) is 0 Å². The number of carbonyl (C=O) groups is 1. The molecule has 1 atom stereocenters. The van der Waals surface area contributed by atoms with Gasteiger partial charge < -0.3 is 14.8 Å². The highest BCUT2D eigenvalue weighted by Gasteiger charge is 2.27. The summed E-state index contributed by atoms with van der Waals surface area (Å²) >= 11 is 0. The molecule has 1 aromatic carbocycles. The van der Waals surface area contributed by atoms with Crippen LogP contribution in [0.2, 0.25) is 0 Å². The second-order valence-corrected chi connectivity index (χ2v) is 4.00. The normalized spacial score (nSPS) is 22.3. The number of para-hydroxylation sites is 1. The summed E-state index contributed by atoms with van der Waals surface area (Å²) in [5, 5.41) is 10.2. The maximum Gasteiger partial charge on any atom is 0.205 e. The summed E-state index contributed by atoms with van der Waals surface area (Å²) in [6.07, 6.45) is 2.52. The second kappa shape index (κ2) is 3.75. The Balaban J connectivity index is 2.05. The average Bonchev–Trinajstić information content (AvgIpc) is 2.85. The van der Waals surface area contributed by atoms with Gasteiger partial charge in [-0.15, -0.1) is 0 Å². The molecule has 3 rings (SSSR count). The van der Waals surface area contributed by atoms with Gasteiger partial charge >= 0.3 is 0 Å². The van der Waals surface area contributed by atoms with Crippen molar-refractivity contribution in [3.8, 4) is 0 Å². The Kier molecular flexibility index (Phi) is 2.23. The molecule has 1 fully saturated rings. The van der Waals surface area contributed by atoms with Gasteiger partial charge in [0.1, 0.15) is 0 Å². The van der Waals surface area contributed by atoms with E-state index in [0.29, 0.717) is 0 Å². The zero-order valence-electron chi connectivity index (χ0n) is 9.01. The van der Waals surface area contributed by atoms with Crippen LogP contribution in [-0.2, 0) is 9.53 Å². The summed E-state index contributed by atoms with van der Waals surface area (Å²) < 4.78 is 5.05. The molecule has 0 radical (unpaired) electrons.